The highest BCUT2D eigenvalue weighted by atomic mass is 16.5. The van der Waals surface area contributed by atoms with Crippen molar-refractivity contribution in [3.05, 3.63) is 84.1 Å². The van der Waals surface area contributed by atoms with Crippen LogP contribution in [0.4, 0.5) is 0 Å². The summed E-state index contributed by atoms with van der Waals surface area (Å²) in [6.07, 6.45) is 4.03. The van der Waals surface area contributed by atoms with Crippen LogP contribution in [0.3, 0.4) is 0 Å². The molecule has 0 atom stereocenters. The minimum absolute atomic E-state index is 0.214. The van der Waals surface area contributed by atoms with E-state index >= 15 is 0 Å². The fraction of sp³-hybridized carbons (Fsp3) is 0. The molecule has 1 heterocycles. The minimum atomic E-state index is 0.214. The number of phenols is 1. The van der Waals surface area contributed by atoms with Gasteiger partial charge in [0.05, 0.1) is 11.2 Å². The first kappa shape index (κ1) is 15.0. The van der Waals surface area contributed by atoms with Crippen LogP contribution in [0.5, 0.6) is 17.2 Å². The first-order chi connectivity index (χ1) is 12.3. The lowest BCUT2D eigenvalue weighted by molar-refractivity contribution is 0.464. The third kappa shape index (κ3) is 3.38. The zero-order valence-corrected chi connectivity index (χ0v) is 13.4. The molecule has 4 nitrogen and oxygen atoms in total. The lowest BCUT2D eigenvalue weighted by atomic mass is 10.1. The van der Waals surface area contributed by atoms with Gasteiger partial charge >= 0.3 is 0 Å². The summed E-state index contributed by atoms with van der Waals surface area (Å²) in [5.74, 6) is 1.59. The predicted octanol–water partition coefficient (Wildman–Crippen LogP) is 5.23. The van der Waals surface area contributed by atoms with Crippen molar-refractivity contribution < 1.29 is 9.84 Å². The van der Waals surface area contributed by atoms with Crippen LogP contribution < -0.4 is 4.74 Å². The third-order valence-corrected chi connectivity index (χ3v) is 3.87. The standard InChI is InChI=1S/C21H16N2O2/c24-16-7-9-17(10-8-16)25-18-11-12-19-20(22-23-21(19)14-18)13-6-15-4-2-1-3-5-15/h1-14,24H,(H,22,23). The summed E-state index contributed by atoms with van der Waals surface area (Å²) in [7, 11) is 0. The maximum atomic E-state index is 9.32. The molecule has 0 amide bonds. The second-order valence-electron chi connectivity index (χ2n) is 5.66. The summed E-state index contributed by atoms with van der Waals surface area (Å²) in [6.45, 7) is 0. The Kier molecular flexibility index (Phi) is 3.92. The van der Waals surface area contributed by atoms with Crippen molar-refractivity contribution in [2.75, 3.05) is 0 Å². The van der Waals surface area contributed by atoms with E-state index in [2.05, 4.69) is 22.3 Å². The van der Waals surface area contributed by atoms with Crippen molar-refractivity contribution in [3.63, 3.8) is 0 Å². The number of nitrogens with zero attached hydrogens (tertiary/aromatic N) is 1. The fourth-order valence-electron chi connectivity index (χ4n) is 2.60. The fourth-order valence-corrected chi connectivity index (χ4v) is 2.60. The van der Waals surface area contributed by atoms with Gasteiger partial charge in [0.2, 0.25) is 0 Å². The van der Waals surface area contributed by atoms with E-state index in [1.54, 1.807) is 24.3 Å². The molecule has 25 heavy (non-hydrogen) atoms. The molecule has 4 rings (SSSR count). The Bertz CT molecular complexity index is 1020. The average Bonchev–Trinajstić information content (AvgIpc) is 3.05. The zero-order valence-electron chi connectivity index (χ0n) is 13.4. The topological polar surface area (TPSA) is 58.1 Å². The second-order valence-corrected chi connectivity index (χ2v) is 5.66. The van der Waals surface area contributed by atoms with E-state index in [-0.39, 0.29) is 5.75 Å². The van der Waals surface area contributed by atoms with Crippen molar-refractivity contribution in [1.82, 2.24) is 10.2 Å². The van der Waals surface area contributed by atoms with Gasteiger partial charge in [-0.2, -0.15) is 5.10 Å². The number of rotatable bonds is 4. The number of aromatic hydroxyl groups is 1. The Morgan fingerprint density at radius 2 is 1.60 bits per heavy atom. The van der Waals surface area contributed by atoms with Gasteiger partial charge in [-0.15, -0.1) is 0 Å². The zero-order chi connectivity index (χ0) is 17.1. The normalized spacial score (nSPS) is 11.2. The van der Waals surface area contributed by atoms with Gasteiger partial charge in [-0.25, -0.2) is 0 Å². The van der Waals surface area contributed by atoms with Crippen LogP contribution in [-0.2, 0) is 0 Å². The van der Waals surface area contributed by atoms with Crippen LogP contribution in [0.1, 0.15) is 11.3 Å². The number of ether oxygens (including phenoxy) is 1. The molecule has 122 valence electrons. The second kappa shape index (κ2) is 6.53. The maximum Gasteiger partial charge on any atom is 0.129 e. The van der Waals surface area contributed by atoms with Crippen LogP contribution in [0.2, 0.25) is 0 Å². The number of fused-ring (bicyclic) bond motifs is 1. The molecule has 0 aliphatic rings. The van der Waals surface area contributed by atoms with E-state index in [1.165, 1.54) is 0 Å². The van der Waals surface area contributed by atoms with Gasteiger partial charge in [0.25, 0.3) is 0 Å². The van der Waals surface area contributed by atoms with Gasteiger partial charge in [-0.05, 0) is 48.0 Å². The number of aromatic amines is 1. The van der Waals surface area contributed by atoms with Gasteiger partial charge in [0.1, 0.15) is 17.2 Å². The van der Waals surface area contributed by atoms with Crippen molar-refractivity contribution in [3.8, 4) is 17.2 Å². The van der Waals surface area contributed by atoms with Gasteiger partial charge in [0.15, 0.2) is 0 Å². The lowest BCUT2D eigenvalue weighted by Gasteiger charge is -2.05. The molecular weight excluding hydrogens is 312 g/mol. The Labute approximate surface area is 145 Å². The Morgan fingerprint density at radius 3 is 2.40 bits per heavy atom. The first-order valence-electron chi connectivity index (χ1n) is 7.96. The molecule has 3 aromatic carbocycles. The number of nitrogens with one attached hydrogen (secondary N) is 1. The number of hydrogen-bond donors (Lipinski definition) is 2. The number of H-pyrrole nitrogens is 1. The quantitative estimate of drug-likeness (QED) is 0.539. The molecule has 2 N–H and O–H groups in total. The summed E-state index contributed by atoms with van der Waals surface area (Å²) in [4.78, 5) is 0. The molecule has 4 aromatic rings. The van der Waals surface area contributed by atoms with Gasteiger partial charge < -0.3 is 9.84 Å². The van der Waals surface area contributed by atoms with E-state index in [1.807, 2.05) is 48.6 Å². The Hall–Kier alpha value is -3.53. The summed E-state index contributed by atoms with van der Waals surface area (Å²) < 4.78 is 5.80. The highest BCUT2D eigenvalue weighted by Gasteiger charge is 2.05. The van der Waals surface area contributed by atoms with Crippen LogP contribution in [-0.4, -0.2) is 15.3 Å². The van der Waals surface area contributed by atoms with Crippen LogP contribution >= 0.6 is 0 Å². The van der Waals surface area contributed by atoms with E-state index in [4.69, 9.17) is 4.74 Å². The molecule has 1 aromatic heterocycles. The van der Waals surface area contributed by atoms with Crippen LogP contribution in [0.15, 0.2) is 72.8 Å². The molecule has 0 spiro atoms. The number of benzene rings is 3. The average molecular weight is 328 g/mol. The monoisotopic (exact) mass is 328 g/mol. The molecule has 0 aliphatic carbocycles. The molecule has 0 saturated heterocycles. The van der Waals surface area contributed by atoms with Crippen molar-refractivity contribution >= 4 is 23.1 Å². The molecule has 4 heteroatoms. The van der Waals surface area contributed by atoms with Crippen molar-refractivity contribution in [2.45, 2.75) is 0 Å². The molecule has 0 bridgehead atoms. The van der Waals surface area contributed by atoms with E-state index < -0.39 is 0 Å². The lowest BCUT2D eigenvalue weighted by Crippen LogP contribution is -1.83. The summed E-state index contributed by atoms with van der Waals surface area (Å²) >= 11 is 0. The molecule has 0 saturated carbocycles. The predicted molar refractivity (Wildman–Crippen MR) is 99.6 cm³/mol. The summed E-state index contributed by atoms with van der Waals surface area (Å²) in [5.41, 5.74) is 2.92. The highest BCUT2D eigenvalue weighted by Crippen LogP contribution is 2.27. The Morgan fingerprint density at radius 1 is 0.840 bits per heavy atom. The molecular formula is C21H16N2O2. The molecule has 0 unspecified atom stereocenters. The third-order valence-electron chi connectivity index (χ3n) is 3.87. The summed E-state index contributed by atoms with van der Waals surface area (Å²) in [6, 6.07) is 22.6. The number of phenolic OH excluding ortho intramolecular Hbond substituents is 1. The smallest absolute Gasteiger partial charge is 0.129 e. The largest absolute Gasteiger partial charge is 0.508 e. The molecule has 0 aliphatic heterocycles. The molecule has 0 radical (unpaired) electrons. The van der Waals surface area contributed by atoms with Gasteiger partial charge in [-0.3, -0.25) is 5.10 Å². The van der Waals surface area contributed by atoms with Gasteiger partial charge in [0, 0.05) is 11.5 Å². The maximum absolute atomic E-state index is 9.32. The van der Waals surface area contributed by atoms with E-state index in [0.29, 0.717) is 11.5 Å². The van der Waals surface area contributed by atoms with Crippen LogP contribution in [0.25, 0.3) is 23.1 Å². The van der Waals surface area contributed by atoms with Crippen molar-refractivity contribution in [2.24, 2.45) is 0 Å². The summed E-state index contributed by atoms with van der Waals surface area (Å²) in [5, 5.41) is 17.8. The van der Waals surface area contributed by atoms with E-state index in [0.717, 1.165) is 22.2 Å². The Balaban J connectivity index is 1.58. The number of aromatic nitrogens is 2. The highest BCUT2D eigenvalue weighted by molar-refractivity contribution is 5.90. The van der Waals surface area contributed by atoms with Crippen LogP contribution in [0, 0.1) is 0 Å². The number of hydrogen-bond acceptors (Lipinski definition) is 3. The minimum Gasteiger partial charge on any atom is -0.508 e. The van der Waals surface area contributed by atoms with Crippen molar-refractivity contribution in [1.29, 1.82) is 0 Å². The molecule has 0 fully saturated rings. The van der Waals surface area contributed by atoms with E-state index in [9.17, 15) is 5.11 Å². The van der Waals surface area contributed by atoms with Gasteiger partial charge in [-0.1, -0.05) is 36.4 Å². The SMILES string of the molecule is Oc1ccc(Oc2ccc3c(C=Cc4ccccc4)n[nH]c3c2)cc1. The first-order valence-corrected chi connectivity index (χ1v) is 7.96.